The Labute approximate surface area is 135 Å². The molecule has 0 aliphatic carbocycles. The zero-order chi connectivity index (χ0) is 15.1. The summed E-state index contributed by atoms with van der Waals surface area (Å²) in [5.74, 6) is 0.468. The summed E-state index contributed by atoms with van der Waals surface area (Å²) in [6.45, 7) is 2.74. The van der Waals surface area contributed by atoms with Crippen molar-refractivity contribution in [2.45, 2.75) is 18.8 Å². The van der Waals surface area contributed by atoms with Crippen molar-refractivity contribution in [3.8, 4) is 10.6 Å². The maximum Gasteiger partial charge on any atom is 0.123 e. The highest BCUT2D eigenvalue weighted by atomic mass is 35.5. The van der Waals surface area contributed by atoms with Crippen molar-refractivity contribution in [2.24, 2.45) is 0 Å². The molecule has 0 saturated heterocycles. The largest absolute Gasteiger partial charge is 0.385 e. The van der Waals surface area contributed by atoms with Crippen LogP contribution in [0.3, 0.4) is 0 Å². The van der Waals surface area contributed by atoms with Crippen molar-refractivity contribution in [1.82, 2.24) is 9.88 Å². The van der Waals surface area contributed by atoms with Gasteiger partial charge in [0.05, 0.1) is 11.6 Å². The van der Waals surface area contributed by atoms with Gasteiger partial charge in [-0.1, -0.05) is 24.3 Å². The molecule has 0 N–H and O–H groups in total. The molecule has 0 radical (unpaired) electrons. The molecular formula is C16H21ClN2OS. The minimum absolute atomic E-state index is 0.468. The van der Waals surface area contributed by atoms with Gasteiger partial charge < -0.3 is 9.64 Å². The number of hydrogen-bond donors (Lipinski definition) is 0. The molecule has 114 valence electrons. The van der Waals surface area contributed by atoms with E-state index < -0.39 is 0 Å². The number of ether oxygens (including phenoxy) is 1. The highest BCUT2D eigenvalue weighted by Crippen LogP contribution is 2.28. The van der Waals surface area contributed by atoms with Gasteiger partial charge >= 0.3 is 0 Å². The van der Waals surface area contributed by atoms with E-state index in [0.717, 1.165) is 36.8 Å². The third-order valence-corrected chi connectivity index (χ3v) is 4.46. The first-order chi connectivity index (χ1) is 10.2. The van der Waals surface area contributed by atoms with E-state index in [-0.39, 0.29) is 0 Å². The molecule has 1 aromatic carbocycles. The van der Waals surface area contributed by atoms with Gasteiger partial charge in [-0.3, -0.25) is 0 Å². The van der Waals surface area contributed by atoms with Gasteiger partial charge in [-0.15, -0.1) is 22.9 Å². The standard InChI is InChI=1S/C16H21ClN2OS/c1-19(8-5-9-20-2)11-13-6-3-4-7-15(13)16-18-14(10-17)12-21-16/h3-4,6-7,12H,5,8-11H2,1-2H3. The molecule has 0 amide bonds. The van der Waals surface area contributed by atoms with Gasteiger partial charge in [-0.25, -0.2) is 4.98 Å². The second-order valence-corrected chi connectivity index (χ2v) is 6.14. The number of methoxy groups -OCH3 is 1. The number of thiazole rings is 1. The Morgan fingerprint density at radius 3 is 2.86 bits per heavy atom. The SMILES string of the molecule is COCCCN(C)Cc1ccccc1-c1nc(CCl)cs1. The van der Waals surface area contributed by atoms with E-state index in [4.69, 9.17) is 16.3 Å². The van der Waals surface area contributed by atoms with Gasteiger partial charge in [0.15, 0.2) is 0 Å². The first-order valence-corrected chi connectivity index (χ1v) is 8.42. The van der Waals surface area contributed by atoms with Gasteiger partial charge in [0.25, 0.3) is 0 Å². The fourth-order valence-electron chi connectivity index (χ4n) is 2.21. The maximum atomic E-state index is 5.85. The number of alkyl halides is 1. The van der Waals surface area contributed by atoms with Gasteiger partial charge in [0.1, 0.15) is 5.01 Å². The average Bonchev–Trinajstić information content (AvgIpc) is 2.97. The second kappa shape index (κ2) is 8.49. The molecule has 2 aromatic rings. The average molecular weight is 325 g/mol. The molecule has 0 aliphatic heterocycles. The third kappa shape index (κ3) is 4.78. The third-order valence-electron chi connectivity index (χ3n) is 3.26. The van der Waals surface area contributed by atoms with Crippen molar-refractivity contribution in [1.29, 1.82) is 0 Å². The highest BCUT2D eigenvalue weighted by Gasteiger charge is 2.10. The number of nitrogens with zero attached hydrogens (tertiary/aromatic N) is 2. The summed E-state index contributed by atoms with van der Waals surface area (Å²) in [4.78, 5) is 6.90. The lowest BCUT2D eigenvalue weighted by Crippen LogP contribution is -2.20. The smallest absolute Gasteiger partial charge is 0.123 e. The van der Waals surface area contributed by atoms with E-state index in [0.29, 0.717) is 5.88 Å². The van der Waals surface area contributed by atoms with E-state index in [9.17, 15) is 0 Å². The Bertz CT molecular complexity index is 559. The zero-order valence-corrected chi connectivity index (χ0v) is 14.1. The Balaban J connectivity index is 2.09. The number of halogens is 1. The van der Waals surface area contributed by atoms with Crippen LogP contribution in [0.25, 0.3) is 10.6 Å². The highest BCUT2D eigenvalue weighted by molar-refractivity contribution is 7.13. The summed E-state index contributed by atoms with van der Waals surface area (Å²) in [5, 5.41) is 3.08. The molecule has 0 atom stereocenters. The van der Waals surface area contributed by atoms with Crippen LogP contribution in [-0.2, 0) is 17.2 Å². The first kappa shape index (κ1) is 16.4. The first-order valence-electron chi connectivity index (χ1n) is 7.00. The minimum Gasteiger partial charge on any atom is -0.385 e. The summed E-state index contributed by atoms with van der Waals surface area (Å²) in [6.07, 6.45) is 1.04. The Morgan fingerprint density at radius 1 is 1.33 bits per heavy atom. The Kier molecular flexibility index (Phi) is 6.64. The lowest BCUT2D eigenvalue weighted by atomic mass is 10.1. The quantitative estimate of drug-likeness (QED) is 0.542. The number of aromatic nitrogens is 1. The van der Waals surface area contributed by atoms with E-state index >= 15 is 0 Å². The second-order valence-electron chi connectivity index (χ2n) is 5.02. The van der Waals surface area contributed by atoms with Crippen molar-refractivity contribution < 1.29 is 4.74 Å². The van der Waals surface area contributed by atoms with E-state index in [2.05, 4.69) is 41.2 Å². The van der Waals surface area contributed by atoms with Crippen LogP contribution in [0.5, 0.6) is 0 Å². The molecule has 0 fully saturated rings. The van der Waals surface area contributed by atoms with E-state index in [1.807, 2.05) is 5.38 Å². The normalized spacial score (nSPS) is 11.2. The number of hydrogen-bond acceptors (Lipinski definition) is 4. The maximum absolute atomic E-state index is 5.85. The fraction of sp³-hybridized carbons (Fsp3) is 0.438. The fourth-order valence-corrected chi connectivity index (χ4v) is 3.32. The Hall–Kier alpha value is -0.940. The summed E-state index contributed by atoms with van der Waals surface area (Å²) < 4.78 is 5.10. The molecule has 2 rings (SSSR count). The van der Waals surface area contributed by atoms with Gasteiger partial charge in [0, 0.05) is 37.7 Å². The zero-order valence-electron chi connectivity index (χ0n) is 12.5. The van der Waals surface area contributed by atoms with E-state index in [1.54, 1.807) is 18.4 Å². The van der Waals surface area contributed by atoms with Crippen LogP contribution < -0.4 is 0 Å². The summed E-state index contributed by atoms with van der Waals surface area (Å²) in [6, 6.07) is 8.45. The molecule has 0 saturated carbocycles. The molecule has 0 aliphatic rings. The molecule has 5 heteroatoms. The van der Waals surface area contributed by atoms with Crippen LogP contribution in [0.4, 0.5) is 0 Å². The van der Waals surface area contributed by atoms with Crippen molar-refractivity contribution in [3.05, 3.63) is 40.9 Å². The summed E-state index contributed by atoms with van der Waals surface area (Å²) >= 11 is 7.50. The molecule has 0 unspecified atom stereocenters. The van der Waals surface area contributed by atoms with Crippen molar-refractivity contribution >= 4 is 22.9 Å². The van der Waals surface area contributed by atoms with Gasteiger partial charge in [-0.05, 0) is 19.0 Å². The molecule has 1 heterocycles. The molecule has 3 nitrogen and oxygen atoms in total. The van der Waals surface area contributed by atoms with Crippen LogP contribution in [0, 0.1) is 0 Å². The predicted molar refractivity (Wildman–Crippen MR) is 89.9 cm³/mol. The Morgan fingerprint density at radius 2 is 2.14 bits per heavy atom. The number of benzene rings is 1. The van der Waals surface area contributed by atoms with Crippen LogP contribution in [0.1, 0.15) is 17.7 Å². The van der Waals surface area contributed by atoms with Crippen molar-refractivity contribution in [2.75, 3.05) is 27.3 Å². The van der Waals surface area contributed by atoms with Gasteiger partial charge in [0.2, 0.25) is 0 Å². The van der Waals surface area contributed by atoms with Crippen LogP contribution in [-0.4, -0.2) is 37.2 Å². The molecular weight excluding hydrogens is 304 g/mol. The number of rotatable bonds is 8. The topological polar surface area (TPSA) is 25.4 Å². The molecule has 0 spiro atoms. The summed E-state index contributed by atoms with van der Waals surface area (Å²) in [5.41, 5.74) is 3.45. The van der Waals surface area contributed by atoms with Crippen LogP contribution >= 0.6 is 22.9 Å². The van der Waals surface area contributed by atoms with Crippen LogP contribution in [0.2, 0.25) is 0 Å². The molecule has 21 heavy (non-hydrogen) atoms. The lowest BCUT2D eigenvalue weighted by Gasteiger charge is -2.18. The monoisotopic (exact) mass is 324 g/mol. The van der Waals surface area contributed by atoms with Crippen LogP contribution in [0.15, 0.2) is 29.6 Å². The molecule has 1 aromatic heterocycles. The lowest BCUT2D eigenvalue weighted by molar-refractivity contribution is 0.178. The van der Waals surface area contributed by atoms with Gasteiger partial charge in [-0.2, -0.15) is 0 Å². The van der Waals surface area contributed by atoms with E-state index in [1.165, 1.54) is 11.1 Å². The predicted octanol–water partition coefficient (Wildman–Crippen LogP) is 4.02. The minimum atomic E-state index is 0.468. The summed E-state index contributed by atoms with van der Waals surface area (Å²) in [7, 11) is 3.88. The van der Waals surface area contributed by atoms with Crippen molar-refractivity contribution in [3.63, 3.8) is 0 Å². The molecule has 0 bridgehead atoms.